The quantitative estimate of drug-likeness (QED) is 0.817. The lowest BCUT2D eigenvalue weighted by Gasteiger charge is -2.24. The van der Waals surface area contributed by atoms with E-state index in [9.17, 15) is 10.1 Å². The van der Waals surface area contributed by atoms with Crippen LogP contribution in [-0.4, -0.2) is 30.4 Å². The van der Waals surface area contributed by atoms with Crippen LogP contribution in [0.1, 0.15) is 27.5 Å². The Hall–Kier alpha value is -3.47. The molecule has 1 aromatic heterocycles. The van der Waals surface area contributed by atoms with Gasteiger partial charge in [-0.15, -0.1) is 5.10 Å². The normalized spacial score (nSPS) is 16.0. The molecule has 0 bridgehead atoms. The number of nitrogens with zero attached hydrogens (tertiary/aromatic N) is 2. The van der Waals surface area contributed by atoms with E-state index in [1.165, 1.54) is 14.2 Å². The summed E-state index contributed by atoms with van der Waals surface area (Å²) in [5.41, 5.74) is 7.18. The van der Waals surface area contributed by atoms with E-state index in [2.05, 4.69) is 10.2 Å². The molecule has 0 saturated heterocycles. The van der Waals surface area contributed by atoms with Crippen molar-refractivity contribution in [1.82, 2.24) is 10.2 Å². The highest BCUT2D eigenvalue weighted by Gasteiger charge is 2.38. The van der Waals surface area contributed by atoms with E-state index in [1.54, 1.807) is 24.3 Å². The number of carbonyl (C=O) groups excluding carboxylic acids is 1. The molecule has 3 rings (SSSR count). The molecule has 24 heavy (non-hydrogen) atoms. The second-order valence-corrected chi connectivity index (χ2v) is 4.98. The molecule has 0 saturated carbocycles. The van der Waals surface area contributed by atoms with Crippen molar-refractivity contribution >= 4 is 5.97 Å². The van der Waals surface area contributed by atoms with Gasteiger partial charge in [-0.2, -0.15) is 5.26 Å². The van der Waals surface area contributed by atoms with Crippen molar-refractivity contribution in [2.75, 3.05) is 14.2 Å². The molecule has 1 aromatic carbocycles. The summed E-state index contributed by atoms with van der Waals surface area (Å²) >= 11 is 0. The van der Waals surface area contributed by atoms with Gasteiger partial charge in [-0.05, 0) is 6.07 Å². The molecule has 1 aliphatic rings. The van der Waals surface area contributed by atoms with Crippen LogP contribution in [0.15, 0.2) is 35.7 Å². The van der Waals surface area contributed by atoms with Gasteiger partial charge >= 0.3 is 5.97 Å². The SMILES string of the molecule is COC(=O)c1[nH]nc2c1C(c1ccccc1OC)C(C#N)=C(N)O2. The van der Waals surface area contributed by atoms with Crippen LogP contribution in [0.3, 0.4) is 0 Å². The standard InChI is InChI=1S/C16H14N4O4/c1-22-10-6-4-3-5-8(10)11-9(7-17)14(18)24-15-12(11)13(19-20-15)16(21)23-2/h3-6,11H,18H2,1-2H3,(H,19,20). The first-order chi connectivity index (χ1) is 11.6. The van der Waals surface area contributed by atoms with Gasteiger partial charge in [0.2, 0.25) is 11.8 Å². The van der Waals surface area contributed by atoms with Gasteiger partial charge in [0, 0.05) is 5.56 Å². The molecular weight excluding hydrogens is 312 g/mol. The molecule has 8 heteroatoms. The van der Waals surface area contributed by atoms with Crippen LogP contribution in [-0.2, 0) is 4.74 Å². The maximum absolute atomic E-state index is 12.0. The molecule has 8 nitrogen and oxygen atoms in total. The molecule has 3 N–H and O–H groups in total. The van der Waals surface area contributed by atoms with E-state index in [-0.39, 0.29) is 23.0 Å². The Morgan fingerprint density at radius 2 is 2.17 bits per heavy atom. The maximum atomic E-state index is 12.0. The number of rotatable bonds is 3. The number of allylic oxidation sites excluding steroid dienone is 1. The van der Waals surface area contributed by atoms with Crippen LogP contribution < -0.4 is 15.2 Å². The Kier molecular flexibility index (Phi) is 3.83. The summed E-state index contributed by atoms with van der Waals surface area (Å²) in [6, 6.07) is 9.20. The summed E-state index contributed by atoms with van der Waals surface area (Å²) in [6.07, 6.45) is 0. The lowest BCUT2D eigenvalue weighted by Crippen LogP contribution is -2.22. The number of H-pyrrole nitrogens is 1. The number of esters is 1. The van der Waals surface area contributed by atoms with E-state index in [0.717, 1.165) is 0 Å². The average molecular weight is 326 g/mol. The van der Waals surface area contributed by atoms with Gasteiger partial charge in [0.05, 0.1) is 25.7 Å². The van der Waals surface area contributed by atoms with Crippen LogP contribution >= 0.6 is 0 Å². The Balaban J connectivity index is 2.29. The number of nitrogens with two attached hydrogens (primary N) is 1. The number of hydrogen-bond acceptors (Lipinski definition) is 7. The number of methoxy groups -OCH3 is 2. The molecule has 2 heterocycles. The van der Waals surface area contributed by atoms with E-state index < -0.39 is 11.9 Å². The smallest absolute Gasteiger partial charge is 0.356 e. The third kappa shape index (κ3) is 2.23. The summed E-state index contributed by atoms with van der Waals surface area (Å²) in [7, 11) is 2.78. The zero-order valence-electron chi connectivity index (χ0n) is 13.0. The molecule has 0 radical (unpaired) electrons. The summed E-state index contributed by atoms with van der Waals surface area (Å²) in [6.45, 7) is 0. The minimum absolute atomic E-state index is 0.0659. The van der Waals surface area contributed by atoms with Gasteiger partial charge in [0.1, 0.15) is 17.4 Å². The van der Waals surface area contributed by atoms with Gasteiger partial charge < -0.3 is 19.9 Å². The number of para-hydroxylation sites is 1. The van der Waals surface area contributed by atoms with Crippen LogP contribution in [0.4, 0.5) is 0 Å². The van der Waals surface area contributed by atoms with Crippen molar-refractivity contribution in [3.63, 3.8) is 0 Å². The molecule has 0 fully saturated rings. The fraction of sp³-hybridized carbons (Fsp3) is 0.188. The third-order valence-corrected chi connectivity index (χ3v) is 3.78. The number of carbonyl (C=O) groups is 1. The highest BCUT2D eigenvalue weighted by Crippen LogP contribution is 2.45. The highest BCUT2D eigenvalue weighted by atomic mass is 16.5. The van der Waals surface area contributed by atoms with Gasteiger partial charge in [-0.25, -0.2) is 4.79 Å². The number of fused-ring (bicyclic) bond motifs is 1. The van der Waals surface area contributed by atoms with Crippen molar-refractivity contribution in [3.8, 4) is 17.7 Å². The van der Waals surface area contributed by atoms with Crippen LogP contribution in [0, 0.1) is 11.3 Å². The minimum atomic E-state index is -0.664. The molecule has 2 aromatic rings. The van der Waals surface area contributed by atoms with E-state index >= 15 is 0 Å². The molecule has 1 aliphatic heterocycles. The van der Waals surface area contributed by atoms with Gasteiger partial charge in [-0.3, -0.25) is 5.10 Å². The number of nitrogens with one attached hydrogen (secondary N) is 1. The van der Waals surface area contributed by atoms with Crippen LogP contribution in [0.2, 0.25) is 0 Å². The summed E-state index contributed by atoms with van der Waals surface area (Å²) < 4.78 is 15.5. The van der Waals surface area contributed by atoms with Gasteiger partial charge in [-0.1, -0.05) is 18.2 Å². The average Bonchev–Trinajstić information content (AvgIpc) is 3.03. The van der Waals surface area contributed by atoms with Crippen molar-refractivity contribution in [3.05, 3.63) is 52.5 Å². The number of aromatic nitrogens is 2. The molecule has 1 atom stereocenters. The molecule has 1 unspecified atom stereocenters. The van der Waals surface area contributed by atoms with Crippen molar-refractivity contribution in [2.45, 2.75) is 5.92 Å². The Bertz CT molecular complexity index is 878. The fourth-order valence-corrected chi connectivity index (χ4v) is 2.72. The number of aromatic amines is 1. The van der Waals surface area contributed by atoms with Gasteiger partial charge in [0.15, 0.2) is 5.69 Å². The molecular formula is C16H14N4O4. The zero-order valence-corrected chi connectivity index (χ0v) is 13.0. The van der Waals surface area contributed by atoms with Crippen molar-refractivity contribution in [1.29, 1.82) is 5.26 Å². The predicted octanol–water partition coefficient (Wildman–Crippen LogP) is 1.42. The minimum Gasteiger partial charge on any atom is -0.496 e. The van der Waals surface area contributed by atoms with Crippen molar-refractivity contribution in [2.24, 2.45) is 5.73 Å². The zero-order chi connectivity index (χ0) is 17.3. The molecule has 0 spiro atoms. The number of benzene rings is 1. The summed E-state index contributed by atoms with van der Waals surface area (Å²) in [5.74, 6) is -0.674. The first-order valence-corrected chi connectivity index (χ1v) is 6.99. The first-order valence-electron chi connectivity index (χ1n) is 6.99. The number of nitriles is 1. The Morgan fingerprint density at radius 1 is 1.42 bits per heavy atom. The Labute approximate surface area is 137 Å². The largest absolute Gasteiger partial charge is 0.496 e. The fourth-order valence-electron chi connectivity index (χ4n) is 2.72. The van der Waals surface area contributed by atoms with Crippen LogP contribution in [0.5, 0.6) is 11.6 Å². The van der Waals surface area contributed by atoms with E-state index in [0.29, 0.717) is 16.9 Å². The second-order valence-electron chi connectivity index (χ2n) is 4.98. The lowest BCUT2D eigenvalue weighted by molar-refractivity contribution is 0.0592. The van der Waals surface area contributed by atoms with Gasteiger partial charge in [0.25, 0.3) is 0 Å². The van der Waals surface area contributed by atoms with E-state index in [4.69, 9.17) is 19.9 Å². The molecule has 0 aliphatic carbocycles. The molecule has 0 amide bonds. The first kappa shape index (κ1) is 15.4. The maximum Gasteiger partial charge on any atom is 0.356 e. The predicted molar refractivity (Wildman–Crippen MR) is 82.2 cm³/mol. The Morgan fingerprint density at radius 3 is 2.83 bits per heavy atom. The van der Waals surface area contributed by atoms with E-state index in [1.807, 2.05) is 6.07 Å². The van der Waals surface area contributed by atoms with Crippen molar-refractivity contribution < 1.29 is 19.0 Å². The monoisotopic (exact) mass is 326 g/mol. The molecule has 122 valence electrons. The highest BCUT2D eigenvalue weighted by molar-refractivity contribution is 5.90. The lowest BCUT2D eigenvalue weighted by atomic mass is 9.83. The summed E-state index contributed by atoms with van der Waals surface area (Å²) in [5, 5.41) is 16.1. The third-order valence-electron chi connectivity index (χ3n) is 3.78. The topological polar surface area (TPSA) is 123 Å². The number of hydrogen-bond donors (Lipinski definition) is 2. The van der Waals surface area contributed by atoms with Crippen LogP contribution in [0.25, 0.3) is 0 Å². The second kappa shape index (κ2) is 5.96. The number of ether oxygens (including phenoxy) is 3. The summed E-state index contributed by atoms with van der Waals surface area (Å²) in [4.78, 5) is 12.0.